The molecule has 0 saturated heterocycles. The van der Waals surface area contributed by atoms with E-state index < -0.39 is 0 Å². The zero-order valence-electron chi connectivity index (χ0n) is 36.4. The molecular formula is C57H67N. The molecule has 0 aliphatic rings. The normalized spacial score (nSPS) is 10.8. The standard InChI is InChI=1S/C31H28.C14H16.C7H10.C3H7N.C2H6/c1-4-9-25-15-20-27(21-16-25)29-11-8-6-5-7-10-26-17-14-24(3)22-30(26)31(29)28-18-12-23(2)13-19-28;1-2-3-4-5-6-8-11-14-12-9-7-10-13-14;1-3-5-7-6-4-2;1-2-3-4;1-2/h4-22H,1-3H3;2-5,7-13H,6H2,1H3;3-7H,1H2,2H3;2-3H,4H2,1H3;1-2H3/b6-5?,7-5?,8-6?,9-4-,10-7?,11-8?,26-10?,29-11?,31-29?,31-30?;3-2+,5-4?,11-8-;6-4+,7-5-;3-2+;. The van der Waals surface area contributed by atoms with E-state index in [0.29, 0.717) is 0 Å². The van der Waals surface area contributed by atoms with Gasteiger partial charge in [0.15, 0.2) is 0 Å². The highest BCUT2D eigenvalue weighted by Crippen LogP contribution is 2.37. The number of hydrogen-bond acceptors (Lipinski definition) is 1. The van der Waals surface area contributed by atoms with Crippen molar-refractivity contribution in [3.05, 3.63) is 241 Å². The molecule has 58 heavy (non-hydrogen) atoms. The fourth-order valence-electron chi connectivity index (χ4n) is 5.31. The molecule has 0 spiro atoms. The molecule has 0 amide bonds. The van der Waals surface area contributed by atoms with Gasteiger partial charge < -0.3 is 5.73 Å². The summed E-state index contributed by atoms with van der Waals surface area (Å²) in [6.45, 7) is 19.7. The SMILES string of the molecule is C/C=C/C=CC/C=C\c1ccccc1.C/C=C/N.C/C=C\c1ccc(-c2ccccccc3ccc(C)cc3c2-c2ccc(C)cc2)cc1.C=C/C=C\C=C\C.CC. The largest absolute Gasteiger partial charge is 0.405 e. The average Bonchev–Trinajstić information content (AvgIpc) is 3.26. The van der Waals surface area contributed by atoms with Crippen LogP contribution in [0.2, 0.25) is 0 Å². The molecule has 300 valence electrons. The number of aryl methyl sites for hydroxylation is 2. The highest BCUT2D eigenvalue weighted by molar-refractivity contribution is 6.02. The lowest BCUT2D eigenvalue weighted by Gasteiger charge is -2.13. The molecule has 0 heterocycles. The van der Waals surface area contributed by atoms with E-state index in [1.54, 1.807) is 12.2 Å². The molecule has 1 nitrogen and oxygen atoms in total. The van der Waals surface area contributed by atoms with Crippen molar-refractivity contribution in [3.8, 4) is 22.3 Å². The number of rotatable bonds is 9. The van der Waals surface area contributed by atoms with Crippen LogP contribution in [0, 0.1) is 13.8 Å². The number of fused-ring (bicyclic) bond motifs is 1. The van der Waals surface area contributed by atoms with E-state index in [1.165, 1.54) is 61.5 Å². The van der Waals surface area contributed by atoms with Gasteiger partial charge in [-0.05, 0) is 98.3 Å². The Morgan fingerprint density at radius 3 is 1.66 bits per heavy atom. The number of nitrogens with two attached hydrogens (primary N) is 1. The molecule has 0 aromatic heterocycles. The third-order valence-corrected chi connectivity index (χ3v) is 8.11. The third-order valence-electron chi connectivity index (χ3n) is 8.11. The number of allylic oxidation sites excluding steroid dienone is 12. The molecule has 0 radical (unpaired) electrons. The van der Waals surface area contributed by atoms with Gasteiger partial charge in [0, 0.05) is 0 Å². The van der Waals surface area contributed by atoms with Gasteiger partial charge in [-0.25, -0.2) is 0 Å². The van der Waals surface area contributed by atoms with Crippen molar-refractivity contribution in [2.24, 2.45) is 5.73 Å². The second-order valence-electron chi connectivity index (χ2n) is 12.6. The summed E-state index contributed by atoms with van der Waals surface area (Å²) in [6, 6.07) is 47.6. The average molecular weight is 766 g/mol. The third kappa shape index (κ3) is 20.5. The summed E-state index contributed by atoms with van der Waals surface area (Å²) in [5.41, 5.74) is 14.8. The van der Waals surface area contributed by atoms with E-state index in [2.05, 4.69) is 191 Å². The van der Waals surface area contributed by atoms with Crippen LogP contribution in [0.1, 0.15) is 70.2 Å². The molecule has 0 fully saturated rings. The minimum absolute atomic E-state index is 0.985. The molecule has 0 aliphatic heterocycles. The van der Waals surface area contributed by atoms with Crippen molar-refractivity contribution < 1.29 is 0 Å². The molecule has 0 aliphatic carbocycles. The van der Waals surface area contributed by atoms with Crippen LogP contribution >= 0.6 is 0 Å². The molecule has 5 aromatic rings. The second kappa shape index (κ2) is 32.8. The van der Waals surface area contributed by atoms with Gasteiger partial charge in [0.2, 0.25) is 0 Å². The smallest absolute Gasteiger partial charge is 0.00267 e. The van der Waals surface area contributed by atoms with Gasteiger partial charge in [0.25, 0.3) is 0 Å². The first-order valence-electron chi connectivity index (χ1n) is 20.3. The quantitative estimate of drug-likeness (QED) is 0.149. The summed E-state index contributed by atoms with van der Waals surface area (Å²) in [5.74, 6) is 0. The lowest BCUT2D eigenvalue weighted by atomic mass is 9.90. The Morgan fingerprint density at radius 1 is 0.500 bits per heavy atom. The Kier molecular flexibility index (Phi) is 28.0. The van der Waals surface area contributed by atoms with E-state index in [4.69, 9.17) is 5.73 Å². The summed E-state index contributed by atoms with van der Waals surface area (Å²) < 4.78 is 0. The first-order chi connectivity index (χ1) is 28.4. The summed E-state index contributed by atoms with van der Waals surface area (Å²) in [5, 5.41) is 2.48. The molecular weight excluding hydrogens is 699 g/mol. The van der Waals surface area contributed by atoms with Crippen LogP contribution in [0.15, 0.2) is 219 Å². The van der Waals surface area contributed by atoms with Crippen molar-refractivity contribution in [1.82, 2.24) is 0 Å². The van der Waals surface area contributed by atoms with E-state index in [0.717, 1.165) is 6.42 Å². The summed E-state index contributed by atoms with van der Waals surface area (Å²) in [6.07, 6.45) is 30.5. The Balaban J connectivity index is 0.000000513. The summed E-state index contributed by atoms with van der Waals surface area (Å²) in [4.78, 5) is 0. The van der Waals surface area contributed by atoms with Crippen LogP contribution < -0.4 is 5.73 Å². The van der Waals surface area contributed by atoms with E-state index in [-0.39, 0.29) is 0 Å². The molecule has 2 N–H and O–H groups in total. The van der Waals surface area contributed by atoms with Gasteiger partial charge in [0.05, 0.1) is 0 Å². The maximum absolute atomic E-state index is 4.85. The predicted octanol–water partition coefficient (Wildman–Crippen LogP) is 17.0. The molecule has 5 rings (SSSR count). The fraction of sp³-hybridized carbons (Fsp3) is 0.158. The first kappa shape index (κ1) is 49.6. The lowest BCUT2D eigenvalue weighted by Crippen LogP contribution is -1.87. The lowest BCUT2D eigenvalue weighted by molar-refractivity contribution is 1.41. The zero-order chi connectivity index (χ0) is 42.6. The van der Waals surface area contributed by atoms with Crippen molar-refractivity contribution in [1.29, 1.82) is 0 Å². The minimum Gasteiger partial charge on any atom is -0.405 e. The van der Waals surface area contributed by atoms with Gasteiger partial charge in [-0.1, -0.05) is 250 Å². The Morgan fingerprint density at radius 2 is 1.05 bits per heavy atom. The Bertz CT molecular complexity index is 2110. The molecule has 1 heteroatoms. The van der Waals surface area contributed by atoms with Crippen LogP contribution in [0.4, 0.5) is 0 Å². The van der Waals surface area contributed by atoms with Crippen molar-refractivity contribution in [2.45, 2.75) is 61.8 Å². The second-order valence-corrected chi connectivity index (χ2v) is 12.6. The van der Waals surface area contributed by atoms with Crippen LogP contribution in [0.3, 0.4) is 0 Å². The maximum Gasteiger partial charge on any atom is -0.00267 e. The van der Waals surface area contributed by atoms with Crippen molar-refractivity contribution in [3.63, 3.8) is 0 Å². The molecule has 0 saturated carbocycles. The number of hydrogen-bond donors (Lipinski definition) is 1. The van der Waals surface area contributed by atoms with E-state index in [1.807, 2.05) is 77.1 Å². The van der Waals surface area contributed by atoms with Crippen molar-refractivity contribution >= 4 is 22.9 Å². The molecule has 0 atom stereocenters. The van der Waals surface area contributed by atoms with Gasteiger partial charge >= 0.3 is 0 Å². The Hall–Kier alpha value is -6.44. The first-order valence-corrected chi connectivity index (χ1v) is 20.3. The monoisotopic (exact) mass is 766 g/mol. The van der Waals surface area contributed by atoms with Gasteiger partial charge in [-0.3, -0.25) is 0 Å². The van der Waals surface area contributed by atoms with E-state index in [9.17, 15) is 0 Å². The van der Waals surface area contributed by atoms with Gasteiger partial charge in [-0.2, -0.15) is 0 Å². The predicted molar refractivity (Wildman–Crippen MR) is 265 cm³/mol. The number of benzene rings is 4. The van der Waals surface area contributed by atoms with Crippen molar-refractivity contribution in [2.75, 3.05) is 0 Å². The van der Waals surface area contributed by atoms with Crippen LogP contribution in [0.25, 0.3) is 45.2 Å². The summed E-state index contributed by atoms with van der Waals surface area (Å²) >= 11 is 0. The molecule has 0 bridgehead atoms. The summed E-state index contributed by atoms with van der Waals surface area (Å²) in [7, 11) is 0. The topological polar surface area (TPSA) is 26.0 Å². The molecule has 0 unspecified atom stereocenters. The Labute approximate surface area is 352 Å². The highest BCUT2D eigenvalue weighted by atomic mass is 14.5. The van der Waals surface area contributed by atoms with Gasteiger partial charge in [-0.15, -0.1) is 0 Å². The van der Waals surface area contributed by atoms with Crippen LogP contribution in [-0.2, 0) is 0 Å². The van der Waals surface area contributed by atoms with E-state index >= 15 is 0 Å². The van der Waals surface area contributed by atoms with Crippen LogP contribution in [-0.4, -0.2) is 0 Å². The fourth-order valence-corrected chi connectivity index (χ4v) is 5.31. The highest BCUT2D eigenvalue weighted by Gasteiger charge is 2.10. The molecule has 5 aromatic carbocycles. The zero-order valence-corrected chi connectivity index (χ0v) is 36.4. The minimum atomic E-state index is 0.985. The van der Waals surface area contributed by atoms with Crippen LogP contribution in [0.5, 0.6) is 0 Å². The maximum atomic E-state index is 4.85. The van der Waals surface area contributed by atoms with Gasteiger partial charge in [0.1, 0.15) is 0 Å².